The molecular weight excluding hydrogens is 138 g/mol. The van der Waals surface area contributed by atoms with Crippen molar-refractivity contribution in [1.82, 2.24) is 4.40 Å². The molecule has 2 aromatic heterocycles. The monoisotopic (exact) mass is 147 g/mol. The zero-order valence-electron chi connectivity index (χ0n) is 5.99. The highest BCUT2D eigenvalue weighted by Crippen LogP contribution is 2.13. The molecule has 2 rings (SSSR count). The molecule has 2 aromatic rings. The lowest BCUT2D eigenvalue weighted by Crippen LogP contribution is -1.86. The molecule has 0 unspecified atom stereocenters. The molecule has 0 radical (unpaired) electrons. The predicted molar refractivity (Wildman–Crippen MR) is 46.2 cm³/mol. The highest BCUT2D eigenvalue weighted by atomic mass is 14.9. The first-order chi connectivity index (χ1) is 5.25. The van der Waals surface area contributed by atoms with E-state index in [1.807, 2.05) is 35.0 Å². The number of hydrogen-bond donors (Lipinski definition) is 2. The van der Waals surface area contributed by atoms with Crippen LogP contribution in [0.2, 0.25) is 0 Å². The lowest BCUT2D eigenvalue weighted by atomic mass is 10.3. The third kappa shape index (κ3) is 0.902. The molecule has 0 fully saturated rings. The molecule has 56 valence electrons. The fourth-order valence-corrected chi connectivity index (χ4v) is 1.15. The van der Waals surface area contributed by atoms with Crippen LogP contribution in [0.15, 0.2) is 30.6 Å². The molecular formula is C8H9N3. The van der Waals surface area contributed by atoms with E-state index in [2.05, 4.69) is 0 Å². The maximum Gasteiger partial charge on any atom is 0.0504 e. The Balaban J connectivity index is 2.82. The van der Waals surface area contributed by atoms with Crippen molar-refractivity contribution >= 4 is 16.9 Å². The summed E-state index contributed by atoms with van der Waals surface area (Å²) in [6, 6.07) is 5.61. The van der Waals surface area contributed by atoms with Crippen LogP contribution >= 0.6 is 0 Å². The molecule has 4 N–H and O–H groups in total. The minimum Gasteiger partial charge on any atom is -0.399 e. The smallest absolute Gasteiger partial charge is 0.0504 e. The summed E-state index contributed by atoms with van der Waals surface area (Å²) in [5.41, 5.74) is 13.7. The fourth-order valence-electron chi connectivity index (χ4n) is 1.15. The zero-order valence-corrected chi connectivity index (χ0v) is 5.99. The molecule has 3 nitrogen and oxygen atoms in total. The van der Waals surface area contributed by atoms with Crippen molar-refractivity contribution in [3.8, 4) is 0 Å². The molecule has 0 aromatic carbocycles. The van der Waals surface area contributed by atoms with Crippen LogP contribution in [-0.4, -0.2) is 4.40 Å². The van der Waals surface area contributed by atoms with Gasteiger partial charge in [-0.25, -0.2) is 0 Å². The Morgan fingerprint density at radius 2 is 1.82 bits per heavy atom. The van der Waals surface area contributed by atoms with Crippen LogP contribution in [-0.2, 0) is 0 Å². The summed E-state index contributed by atoms with van der Waals surface area (Å²) in [6.07, 6.45) is 3.75. The van der Waals surface area contributed by atoms with Gasteiger partial charge in [-0.3, -0.25) is 0 Å². The van der Waals surface area contributed by atoms with Gasteiger partial charge in [0.2, 0.25) is 0 Å². The summed E-state index contributed by atoms with van der Waals surface area (Å²) >= 11 is 0. The van der Waals surface area contributed by atoms with Gasteiger partial charge in [0.1, 0.15) is 0 Å². The summed E-state index contributed by atoms with van der Waals surface area (Å²) in [7, 11) is 0. The number of hydrogen-bond acceptors (Lipinski definition) is 2. The number of aromatic nitrogens is 1. The Morgan fingerprint density at radius 1 is 1.09 bits per heavy atom. The molecule has 3 heteroatoms. The maximum atomic E-state index is 5.58. The van der Waals surface area contributed by atoms with Crippen molar-refractivity contribution in [3.63, 3.8) is 0 Å². The van der Waals surface area contributed by atoms with E-state index in [0.29, 0.717) is 0 Å². The number of nitrogen functional groups attached to an aromatic ring is 2. The standard InChI is InChI=1S/C8H9N3/c9-6-1-2-11-5-7(10)4-8(11)3-6/h1-5H,9-10H2. The van der Waals surface area contributed by atoms with Crippen molar-refractivity contribution in [2.75, 3.05) is 11.5 Å². The fraction of sp³-hybridized carbons (Fsp3) is 0. The first kappa shape index (κ1) is 6.09. The minimum atomic E-state index is 0.760. The first-order valence-electron chi connectivity index (χ1n) is 3.38. The first-order valence-corrected chi connectivity index (χ1v) is 3.38. The van der Waals surface area contributed by atoms with E-state index >= 15 is 0 Å². The molecule has 0 aliphatic rings. The molecule has 0 aliphatic carbocycles. The van der Waals surface area contributed by atoms with Gasteiger partial charge in [0.05, 0.1) is 5.69 Å². The van der Waals surface area contributed by atoms with Crippen LogP contribution < -0.4 is 11.5 Å². The van der Waals surface area contributed by atoms with Crippen LogP contribution in [0, 0.1) is 0 Å². The molecule has 11 heavy (non-hydrogen) atoms. The van der Waals surface area contributed by atoms with Crippen molar-refractivity contribution < 1.29 is 0 Å². The summed E-state index contributed by atoms with van der Waals surface area (Å²) in [4.78, 5) is 0. The molecule has 0 amide bonds. The number of nitrogens with two attached hydrogens (primary N) is 2. The second-order valence-electron chi connectivity index (χ2n) is 2.57. The van der Waals surface area contributed by atoms with Crippen LogP contribution in [0.4, 0.5) is 11.4 Å². The Morgan fingerprint density at radius 3 is 2.64 bits per heavy atom. The van der Waals surface area contributed by atoms with E-state index in [-0.39, 0.29) is 0 Å². The largest absolute Gasteiger partial charge is 0.399 e. The number of fused-ring (bicyclic) bond motifs is 1. The van der Waals surface area contributed by atoms with Crippen molar-refractivity contribution in [1.29, 1.82) is 0 Å². The maximum absolute atomic E-state index is 5.58. The molecule has 0 bridgehead atoms. The van der Waals surface area contributed by atoms with Crippen molar-refractivity contribution in [2.24, 2.45) is 0 Å². The van der Waals surface area contributed by atoms with Gasteiger partial charge >= 0.3 is 0 Å². The summed E-state index contributed by atoms with van der Waals surface area (Å²) in [5, 5.41) is 0. The molecule has 0 spiro atoms. The zero-order chi connectivity index (χ0) is 7.84. The average Bonchev–Trinajstić information content (AvgIpc) is 2.27. The SMILES string of the molecule is Nc1ccn2cc(N)cc2c1. The van der Waals surface area contributed by atoms with Crippen LogP contribution in [0.25, 0.3) is 5.52 Å². The van der Waals surface area contributed by atoms with Crippen molar-refractivity contribution in [3.05, 3.63) is 30.6 Å². The van der Waals surface area contributed by atoms with Gasteiger partial charge < -0.3 is 15.9 Å². The van der Waals surface area contributed by atoms with Gasteiger partial charge in [-0.05, 0) is 18.2 Å². The van der Waals surface area contributed by atoms with Crippen LogP contribution in [0.3, 0.4) is 0 Å². The molecule has 0 aliphatic heterocycles. The topological polar surface area (TPSA) is 56.5 Å². The highest BCUT2D eigenvalue weighted by molar-refractivity contribution is 5.63. The summed E-state index contributed by atoms with van der Waals surface area (Å²) in [5.74, 6) is 0. The van der Waals surface area contributed by atoms with Gasteiger partial charge in [0.25, 0.3) is 0 Å². The van der Waals surface area contributed by atoms with Crippen LogP contribution in [0.1, 0.15) is 0 Å². The Kier molecular flexibility index (Phi) is 1.06. The van der Waals surface area contributed by atoms with E-state index in [4.69, 9.17) is 11.5 Å². The molecule has 0 saturated heterocycles. The van der Waals surface area contributed by atoms with Gasteiger partial charge in [0, 0.05) is 23.6 Å². The second-order valence-corrected chi connectivity index (χ2v) is 2.57. The van der Waals surface area contributed by atoms with Gasteiger partial charge in [0.15, 0.2) is 0 Å². The lowest BCUT2D eigenvalue weighted by Gasteiger charge is -1.94. The molecule has 2 heterocycles. The lowest BCUT2D eigenvalue weighted by molar-refractivity contribution is 1.20. The third-order valence-corrected chi connectivity index (χ3v) is 1.64. The Labute approximate surface area is 64.2 Å². The number of anilines is 2. The highest BCUT2D eigenvalue weighted by Gasteiger charge is 1.94. The van der Waals surface area contributed by atoms with Crippen molar-refractivity contribution in [2.45, 2.75) is 0 Å². The normalized spacial score (nSPS) is 10.5. The van der Waals surface area contributed by atoms with Gasteiger partial charge in [-0.15, -0.1) is 0 Å². The third-order valence-electron chi connectivity index (χ3n) is 1.64. The number of pyridine rings is 1. The molecule has 0 saturated carbocycles. The predicted octanol–water partition coefficient (Wildman–Crippen LogP) is 1.10. The second kappa shape index (κ2) is 1.92. The van der Waals surface area contributed by atoms with E-state index < -0.39 is 0 Å². The quantitative estimate of drug-likeness (QED) is 0.586. The molecule has 0 atom stereocenters. The van der Waals surface area contributed by atoms with E-state index in [1.165, 1.54) is 0 Å². The minimum absolute atomic E-state index is 0.760. The number of nitrogens with zero attached hydrogens (tertiary/aromatic N) is 1. The van der Waals surface area contributed by atoms with Gasteiger partial charge in [-0.2, -0.15) is 0 Å². The Bertz CT molecular complexity index is 389. The van der Waals surface area contributed by atoms with E-state index in [0.717, 1.165) is 16.9 Å². The number of rotatable bonds is 0. The average molecular weight is 147 g/mol. The van der Waals surface area contributed by atoms with E-state index in [1.54, 1.807) is 0 Å². The Hall–Kier alpha value is -1.64. The van der Waals surface area contributed by atoms with Gasteiger partial charge in [-0.1, -0.05) is 0 Å². The van der Waals surface area contributed by atoms with E-state index in [9.17, 15) is 0 Å². The van der Waals surface area contributed by atoms with Crippen LogP contribution in [0.5, 0.6) is 0 Å². The summed E-state index contributed by atoms with van der Waals surface area (Å²) in [6.45, 7) is 0. The summed E-state index contributed by atoms with van der Waals surface area (Å²) < 4.78 is 1.94.